The van der Waals surface area contributed by atoms with E-state index in [1.807, 2.05) is 54.6 Å². The number of benzene rings is 2. The molecule has 0 radical (unpaired) electrons. The smallest absolute Gasteiger partial charge is 0.152 e. The molecule has 0 spiro atoms. The Labute approximate surface area is 143 Å². The van der Waals surface area contributed by atoms with E-state index in [-0.39, 0.29) is 0 Å². The lowest BCUT2D eigenvalue weighted by molar-refractivity contribution is 0.881. The number of nitrogens with zero attached hydrogens (tertiary/aromatic N) is 5. The van der Waals surface area contributed by atoms with Gasteiger partial charge in [-0.1, -0.05) is 36.4 Å². The summed E-state index contributed by atoms with van der Waals surface area (Å²) in [4.78, 5) is 4.64. The Bertz CT molecular complexity index is 1050. The first-order valence-corrected chi connectivity index (χ1v) is 7.71. The second-order valence-corrected chi connectivity index (χ2v) is 5.46. The zero-order valence-corrected chi connectivity index (χ0v) is 13.1. The molecule has 2 heterocycles. The van der Waals surface area contributed by atoms with Gasteiger partial charge in [0.15, 0.2) is 5.82 Å². The zero-order valence-electron chi connectivity index (χ0n) is 13.1. The SMILES string of the molecule is N#Cc1c(Nc2ccccc2)nc2ccccc2c1Cc1nnn[nH]1. The minimum Gasteiger partial charge on any atom is -0.339 e. The van der Waals surface area contributed by atoms with Crippen molar-refractivity contribution in [3.05, 3.63) is 71.5 Å². The molecule has 0 aliphatic rings. The molecule has 0 aliphatic carbocycles. The molecule has 0 bridgehead atoms. The molecule has 0 saturated carbocycles. The van der Waals surface area contributed by atoms with Crippen LogP contribution in [0, 0.1) is 11.3 Å². The molecule has 25 heavy (non-hydrogen) atoms. The average Bonchev–Trinajstić information content (AvgIpc) is 3.16. The molecule has 0 aliphatic heterocycles. The van der Waals surface area contributed by atoms with Gasteiger partial charge >= 0.3 is 0 Å². The zero-order chi connectivity index (χ0) is 17.1. The van der Waals surface area contributed by atoms with Crippen LogP contribution in [0.1, 0.15) is 17.0 Å². The fourth-order valence-corrected chi connectivity index (χ4v) is 2.75. The monoisotopic (exact) mass is 327 g/mol. The van der Waals surface area contributed by atoms with Crippen molar-refractivity contribution in [2.75, 3.05) is 5.32 Å². The minimum atomic E-state index is 0.419. The van der Waals surface area contributed by atoms with E-state index in [4.69, 9.17) is 0 Å². The minimum absolute atomic E-state index is 0.419. The summed E-state index contributed by atoms with van der Waals surface area (Å²) in [5, 5.41) is 27.8. The lowest BCUT2D eigenvalue weighted by atomic mass is 10.00. The average molecular weight is 327 g/mol. The maximum absolute atomic E-state index is 9.77. The first-order valence-electron chi connectivity index (χ1n) is 7.71. The fourth-order valence-electron chi connectivity index (χ4n) is 2.75. The number of aromatic amines is 1. The maximum atomic E-state index is 9.77. The van der Waals surface area contributed by atoms with Crippen molar-refractivity contribution in [3.8, 4) is 6.07 Å². The van der Waals surface area contributed by atoms with Crippen molar-refractivity contribution in [2.24, 2.45) is 0 Å². The number of tetrazole rings is 1. The van der Waals surface area contributed by atoms with Crippen molar-refractivity contribution in [1.29, 1.82) is 5.26 Å². The second-order valence-electron chi connectivity index (χ2n) is 5.46. The van der Waals surface area contributed by atoms with Crippen LogP contribution in [0.3, 0.4) is 0 Å². The van der Waals surface area contributed by atoms with Crippen LogP contribution < -0.4 is 5.32 Å². The molecular weight excluding hydrogens is 314 g/mol. The summed E-state index contributed by atoms with van der Waals surface area (Å²) in [5.41, 5.74) is 3.00. The summed E-state index contributed by atoms with van der Waals surface area (Å²) in [7, 11) is 0. The van der Waals surface area contributed by atoms with Gasteiger partial charge in [0.05, 0.1) is 11.1 Å². The molecule has 120 valence electrons. The van der Waals surface area contributed by atoms with Gasteiger partial charge in [-0.15, -0.1) is 5.10 Å². The molecule has 0 atom stereocenters. The molecule has 0 fully saturated rings. The van der Waals surface area contributed by atoms with Crippen LogP contribution >= 0.6 is 0 Å². The van der Waals surface area contributed by atoms with Gasteiger partial charge in [-0.05, 0) is 34.2 Å². The van der Waals surface area contributed by atoms with E-state index in [9.17, 15) is 5.26 Å². The normalized spacial score (nSPS) is 10.5. The van der Waals surface area contributed by atoms with Gasteiger partial charge in [-0.25, -0.2) is 10.1 Å². The quantitative estimate of drug-likeness (QED) is 0.597. The highest BCUT2D eigenvalue weighted by Gasteiger charge is 2.16. The molecule has 7 heteroatoms. The number of anilines is 2. The molecule has 0 amide bonds. The highest BCUT2D eigenvalue weighted by Crippen LogP contribution is 2.29. The van der Waals surface area contributed by atoms with E-state index in [0.717, 1.165) is 22.2 Å². The highest BCUT2D eigenvalue weighted by molar-refractivity contribution is 5.88. The summed E-state index contributed by atoms with van der Waals surface area (Å²) >= 11 is 0. The number of para-hydroxylation sites is 2. The highest BCUT2D eigenvalue weighted by atomic mass is 15.5. The molecule has 2 aromatic heterocycles. The second kappa shape index (κ2) is 6.37. The molecule has 4 rings (SSSR count). The molecule has 2 N–H and O–H groups in total. The van der Waals surface area contributed by atoms with Crippen LogP contribution in [0.2, 0.25) is 0 Å². The van der Waals surface area contributed by atoms with Gasteiger partial charge in [-0.2, -0.15) is 5.26 Å². The summed E-state index contributed by atoms with van der Waals surface area (Å²) in [6.07, 6.45) is 0.419. The summed E-state index contributed by atoms with van der Waals surface area (Å²) in [6, 6.07) is 19.7. The molecule has 0 unspecified atom stereocenters. The Balaban J connectivity index is 1.89. The van der Waals surface area contributed by atoms with Crippen LogP contribution in [0.4, 0.5) is 11.5 Å². The summed E-state index contributed by atoms with van der Waals surface area (Å²) < 4.78 is 0. The van der Waals surface area contributed by atoms with Crippen molar-refractivity contribution >= 4 is 22.4 Å². The molecular formula is C18H13N7. The summed E-state index contributed by atoms with van der Waals surface area (Å²) in [5.74, 6) is 1.12. The van der Waals surface area contributed by atoms with Gasteiger partial charge in [0.1, 0.15) is 11.9 Å². The first kappa shape index (κ1) is 14.8. The number of hydrogen-bond acceptors (Lipinski definition) is 6. The Morgan fingerprint density at radius 2 is 1.84 bits per heavy atom. The van der Waals surface area contributed by atoms with Crippen LogP contribution in [0.5, 0.6) is 0 Å². The largest absolute Gasteiger partial charge is 0.339 e. The number of hydrogen-bond donors (Lipinski definition) is 2. The van der Waals surface area contributed by atoms with E-state index in [2.05, 4.69) is 37.0 Å². The van der Waals surface area contributed by atoms with E-state index in [1.165, 1.54) is 0 Å². The van der Waals surface area contributed by atoms with Crippen molar-refractivity contribution in [3.63, 3.8) is 0 Å². The number of rotatable bonds is 4. The summed E-state index contributed by atoms with van der Waals surface area (Å²) in [6.45, 7) is 0. The third-order valence-corrected chi connectivity index (χ3v) is 3.88. The van der Waals surface area contributed by atoms with E-state index in [0.29, 0.717) is 23.6 Å². The topological polar surface area (TPSA) is 103 Å². The molecule has 0 saturated heterocycles. The van der Waals surface area contributed by atoms with Gasteiger partial charge in [0.2, 0.25) is 0 Å². The Morgan fingerprint density at radius 3 is 2.60 bits per heavy atom. The number of nitrogens with one attached hydrogen (secondary N) is 2. The number of H-pyrrole nitrogens is 1. The number of fused-ring (bicyclic) bond motifs is 1. The van der Waals surface area contributed by atoms with Crippen molar-refractivity contribution < 1.29 is 0 Å². The Hall–Kier alpha value is -3.79. The third-order valence-electron chi connectivity index (χ3n) is 3.88. The van der Waals surface area contributed by atoms with Crippen LogP contribution in [-0.4, -0.2) is 25.6 Å². The van der Waals surface area contributed by atoms with E-state index in [1.54, 1.807) is 0 Å². The predicted molar refractivity (Wildman–Crippen MR) is 93.2 cm³/mol. The standard InChI is InChI=1S/C18H13N7/c19-11-15-14(10-17-22-24-25-23-17)13-8-4-5-9-16(13)21-18(15)20-12-6-2-1-3-7-12/h1-9H,10H2,(H,20,21)(H,22,23,24,25). The molecule has 2 aromatic carbocycles. The van der Waals surface area contributed by atoms with Gasteiger partial charge in [-0.3, -0.25) is 0 Å². The van der Waals surface area contributed by atoms with Crippen molar-refractivity contribution in [2.45, 2.75) is 6.42 Å². The fraction of sp³-hybridized carbons (Fsp3) is 0.0556. The van der Waals surface area contributed by atoms with Gasteiger partial charge in [0.25, 0.3) is 0 Å². The van der Waals surface area contributed by atoms with E-state index >= 15 is 0 Å². The Morgan fingerprint density at radius 1 is 1.04 bits per heavy atom. The molecule has 4 aromatic rings. The number of aromatic nitrogens is 5. The Kier molecular flexibility index (Phi) is 3.77. The van der Waals surface area contributed by atoms with Crippen LogP contribution in [0.25, 0.3) is 10.9 Å². The van der Waals surface area contributed by atoms with Gasteiger partial charge < -0.3 is 5.32 Å². The third kappa shape index (κ3) is 2.88. The lowest BCUT2D eigenvalue weighted by Gasteiger charge is -2.13. The van der Waals surface area contributed by atoms with Crippen LogP contribution in [0.15, 0.2) is 54.6 Å². The predicted octanol–water partition coefficient (Wildman–Crippen LogP) is 2.95. The number of pyridine rings is 1. The van der Waals surface area contributed by atoms with E-state index < -0.39 is 0 Å². The van der Waals surface area contributed by atoms with Crippen molar-refractivity contribution in [1.82, 2.24) is 25.6 Å². The first-order chi connectivity index (χ1) is 12.3. The lowest BCUT2D eigenvalue weighted by Crippen LogP contribution is -2.04. The molecule has 7 nitrogen and oxygen atoms in total. The number of nitriles is 1. The maximum Gasteiger partial charge on any atom is 0.152 e. The van der Waals surface area contributed by atoms with Gasteiger partial charge in [0, 0.05) is 17.5 Å². The van der Waals surface area contributed by atoms with Crippen LogP contribution in [-0.2, 0) is 6.42 Å².